The normalized spacial score (nSPS) is 13.3. The van der Waals surface area contributed by atoms with E-state index in [2.05, 4.69) is 72.8 Å². The van der Waals surface area contributed by atoms with Crippen molar-refractivity contribution in [3.05, 3.63) is 103 Å². The van der Waals surface area contributed by atoms with Gasteiger partial charge in [0.1, 0.15) is 5.82 Å². The summed E-state index contributed by atoms with van der Waals surface area (Å²) < 4.78 is 13.1. The van der Waals surface area contributed by atoms with E-state index in [0.717, 1.165) is 4.90 Å². The van der Waals surface area contributed by atoms with Crippen molar-refractivity contribution in [2.24, 2.45) is 0 Å². The first-order valence-corrected chi connectivity index (χ1v) is 11.0. The van der Waals surface area contributed by atoms with Crippen LogP contribution in [0.25, 0.3) is 11.1 Å². The second-order valence-electron chi connectivity index (χ2n) is 6.42. The van der Waals surface area contributed by atoms with Crippen LogP contribution in [0.2, 0.25) is 0 Å². The fraction of sp³-hybridized carbons (Fsp3) is 0. The Bertz CT molecular complexity index is 1060. The Morgan fingerprint density at radius 3 is 1.59 bits per heavy atom. The topological polar surface area (TPSA) is 0 Å². The van der Waals surface area contributed by atoms with Crippen LogP contribution in [0, 0.1) is 5.82 Å². The number of rotatable bonds is 3. The standard InChI is InChI=1S/C24H17FS2/c25-17-9-11-18(12-10-17)26-19-13-15-20(16-14-19)27-23-7-3-1-5-21(23)22-6-2-4-8-24(22)27/h1-16,27H. The molecule has 0 aromatic heterocycles. The van der Waals surface area contributed by atoms with Crippen molar-refractivity contribution in [1.29, 1.82) is 0 Å². The van der Waals surface area contributed by atoms with Crippen LogP contribution < -0.4 is 0 Å². The highest BCUT2D eigenvalue weighted by molar-refractivity contribution is 8.17. The molecule has 132 valence electrons. The molecule has 0 saturated heterocycles. The molecule has 1 aliphatic rings. The summed E-state index contributed by atoms with van der Waals surface area (Å²) in [5.74, 6) is -0.198. The SMILES string of the molecule is Fc1ccc(Sc2ccc([SH]3c4ccccc4-c4ccccc43)cc2)cc1. The van der Waals surface area contributed by atoms with Gasteiger partial charge in [0, 0.05) is 19.6 Å². The summed E-state index contributed by atoms with van der Waals surface area (Å²) >= 11 is 1.66. The van der Waals surface area contributed by atoms with Crippen molar-refractivity contribution in [2.45, 2.75) is 24.5 Å². The van der Waals surface area contributed by atoms with Gasteiger partial charge in [0.05, 0.1) is 0 Å². The van der Waals surface area contributed by atoms with Gasteiger partial charge in [0.25, 0.3) is 0 Å². The van der Waals surface area contributed by atoms with Crippen LogP contribution in [0.3, 0.4) is 0 Å². The van der Waals surface area contributed by atoms with Gasteiger partial charge in [-0.3, -0.25) is 0 Å². The van der Waals surface area contributed by atoms with Crippen molar-refractivity contribution < 1.29 is 4.39 Å². The van der Waals surface area contributed by atoms with Crippen LogP contribution in [0.15, 0.2) is 122 Å². The minimum atomic E-state index is -0.507. The fourth-order valence-electron chi connectivity index (χ4n) is 3.50. The largest absolute Gasteiger partial charge is 0.207 e. The molecule has 0 N–H and O–H groups in total. The fourth-order valence-corrected chi connectivity index (χ4v) is 6.92. The summed E-state index contributed by atoms with van der Waals surface area (Å²) in [4.78, 5) is 6.46. The molecule has 1 heterocycles. The molecule has 0 saturated carbocycles. The zero-order chi connectivity index (χ0) is 18.2. The van der Waals surface area contributed by atoms with Crippen molar-refractivity contribution in [2.75, 3.05) is 0 Å². The molecule has 0 nitrogen and oxygen atoms in total. The number of halogens is 1. The van der Waals surface area contributed by atoms with E-state index in [0.29, 0.717) is 0 Å². The highest BCUT2D eigenvalue weighted by Gasteiger charge is 2.26. The summed E-state index contributed by atoms with van der Waals surface area (Å²) in [7, 11) is -0.507. The molecule has 0 amide bonds. The van der Waals surface area contributed by atoms with Gasteiger partial charge in [0.15, 0.2) is 0 Å². The van der Waals surface area contributed by atoms with Crippen LogP contribution in [-0.4, -0.2) is 0 Å². The molecular weight excluding hydrogens is 371 g/mol. The lowest BCUT2D eigenvalue weighted by atomic mass is 10.1. The number of thiol groups is 1. The first kappa shape index (κ1) is 16.7. The summed E-state index contributed by atoms with van der Waals surface area (Å²) in [6, 6.07) is 33.0. The summed E-state index contributed by atoms with van der Waals surface area (Å²) in [5.41, 5.74) is 2.73. The van der Waals surface area contributed by atoms with Crippen LogP contribution >= 0.6 is 22.7 Å². The second kappa shape index (κ2) is 6.91. The van der Waals surface area contributed by atoms with Gasteiger partial charge in [-0.25, -0.2) is 4.39 Å². The van der Waals surface area contributed by atoms with E-state index < -0.39 is 10.9 Å². The number of hydrogen-bond acceptors (Lipinski definition) is 1. The Morgan fingerprint density at radius 2 is 1.04 bits per heavy atom. The lowest BCUT2D eigenvalue weighted by Gasteiger charge is -2.19. The Morgan fingerprint density at radius 1 is 0.556 bits per heavy atom. The zero-order valence-corrected chi connectivity index (χ0v) is 16.2. The van der Waals surface area contributed by atoms with Crippen molar-refractivity contribution >= 4 is 22.7 Å². The molecule has 0 aliphatic carbocycles. The average Bonchev–Trinajstić information content (AvgIpc) is 3.05. The molecule has 1 aliphatic heterocycles. The van der Waals surface area contributed by atoms with Gasteiger partial charge in [-0.2, -0.15) is 10.9 Å². The predicted molar refractivity (Wildman–Crippen MR) is 113 cm³/mol. The summed E-state index contributed by atoms with van der Waals surface area (Å²) in [6.07, 6.45) is 0. The van der Waals surface area contributed by atoms with Crippen LogP contribution in [0.1, 0.15) is 0 Å². The molecule has 0 bridgehead atoms. The minimum absolute atomic E-state index is 0.198. The lowest BCUT2D eigenvalue weighted by Crippen LogP contribution is -1.83. The Labute approximate surface area is 165 Å². The first-order valence-electron chi connectivity index (χ1n) is 8.82. The summed E-state index contributed by atoms with van der Waals surface area (Å²) in [5, 5.41) is 0. The number of fused-ring (bicyclic) bond motifs is 3. The Hall–Kier alpha value is -2.49. The van der Waals surface area contributed by atoms with E-state index in [1.807, 2.05) is 12.1 Å². The van der Waals surface area contributed by atoms with Gasteiger partial charge in [0.2, 0.25) is 0 Å². The zero-order valence-electron chi connectivity index (χ0n) is 14.5. The lowest BCUT2D eigenvalue weighted by molar-refractivity contribution is 0.626. The molecule has 27 heavy (non-hydrogen) atoms. The number of hydrogen-bond donors (Lipinski definition) is 1. The third-order valence-electron chi connectivity index (χ3n) is 4.72. The highest BCUT2D eigenvalue weighted by Crippen LogP contribution is 2.62. The quantitative estimate of drug-likeness (QED) is 0.313. The Kier molecular flexibility index (Phi) is 4.27. The maximum absolute atomic E-state index is 13.1. The monoisotopic (exact) mass is 388 g/mol. The molecule has 0 fully saturated rings. The molecule has 5 rings (SSSR count). The molecule has 4 aromatic rings. The predicted octanol–water partition coefficient (Wildman–Crippen LogP) is 7.44. The minimum Gasteiger partial charge on any atom is -0.207 e. The third kappa shape index (κ3) is 3.07. The molecule has 0 unspecified atom stereocenters. The van der Waals surface area contributed by atoms with Crippen LogP contribution in [0.4, 0.5) is 4.39 Å². The Balaban J connectivity index is 1.49. The molecule has 3 heteroatoms. The highest BCUT2D eigenvalue weighted by atomic mass is 32.2. The average molecular weight is 389 g/mol. The van der Waals surface area contributed by atoms with Crippen LogP contribution in [0.5, 0.6) is 0 Å². The third-order valence-corrected chi connectivity index (χ3v) is 8.30. The van der Waals surface area contributed by atoms with Gasteiger partial charge in [-0.15, -0.1) is 0 Å². The van der Waals surface area contributed by atoms with E-state index >= 15 is 0 Å². The first-order chi connectivity index (χ1) is 13.3. The van der Waals surface area contributed by atoms with Gasteiger partial charge < -0.3 is 0 Å². The van der Waals surface area contributed by atoms with Gasteiger partial charge in [-0.1, -0.05) is 48.2 Å². The summed E-state index contributed by atoms with van der Waals surface area (Å²) in [6.45, 7) is 0. The van der Waals surface area contributed by atoms with Crippen molar-refractivity contribution in [3.63, 3.8) is 0 Å². The maximum atomic E-state index is 13.1. The molecule has 0 atom stereocenters. The molecular formula is C24H17FS2. The van der Waals surface area contributed by atoms with E-state index in [9.17, 15) is 4.39 Å². The molecule has 0 radical (unpaired) electrons. The van der Waals surface area contributed by atoms with E-state index in [4.69, 9.17) is 0 Å². The van der Waals surface area contributed by atoms with Gasteiger partial charge in [-0.05, 0) is 76.7 Å². The van der Waals surface area contributed by atoms with Crippen LogP contribution in [-0.2, 0) is 0 Å². The van der Waals surface area contributed by atoms with E-state index in [1.54, 1.807) is 11.8 Å². The van der Waals surface area contributed by atoms with E-state index in [1.165, 1.54) is 42.8 Å². The molecule has 4 aromatic carbocycles. The second-order valence-corrected chi connectivity index (χ2v) is 9.72. The van der Waals surface area contributed by atoms with E-state index in [-0.39, 0.29) is 5.82 Å². The number of benzene rings is 4. The molecule has 0 spiro atoms. The smallest absolute Gasteiger partial charge is 0.123 e. The van der Waals surface area contributed by atoms with Crippen molar-refractivity contribution in [3.8, 4) is 11.1 Å². The van der Waals surface area contributed by atoms with Crippen molar-refractivity contribution in [1.82, 2.24) is 0 Å². The maximum Gasteiger partial charge on any atom is 0.123 e. The van der Waals surface area contributed by atoms with Gasteiger partial charge >= 0.3 is 0 Å².